The van der Waals surface area contributed by atoms with E-state index in [-0.39, 0.29) is 12.1 Å². The Labute approximate surface area is 114 Å². The van der Waals surface area contributed by atoms with E-state index in [1.165, 1.54) is 0 Å². The first-order valence-corrected chi connectivity index (χ1v) is 6.85. The molecule has 0 radical (unpaired) electrons. The molecule has 0 N–H and O–H groups in total. The van der Waals surface area contributed by atoms with E-state index >= 15 is 0 Å². The van der Waals surface area contributed by atoms with Crippen LogP contribution < -0.4 is 9.47 Å². The van der Waals surface area contributed by atoms with Crippen molar-refractivity contribution in [2.45, 2.75) is 0 Å². The lowest BCUT2D eigenvalue weighted by molar-refractivity contribution is 0.378. The zero-order valence-electron chi connectivity index (χ0n) is 8.86. The van der Waals surface area contributed by atoms with Crippen molar-refractivity contribution in [2.24, 2.45) is 0 Å². The molecular formula is C12H10Cl2O2S. The fraction of sp³-hybridized carbons (Fsp3) is 0.167. The normalized spacial score (nSPS) is 10.2. The second kappa shape index (κ2) is 6.15. The van der Waals surface area contributed by atoms with Crippen molar-refractivity contribution < 1.29 is 9.47 Å². The number of rotatable bonds is 5. The first-order valence-electron chi connectivity index (χ1n) is 4.90. The Morgan fingerprint density at radius 2 is 1.88 bits per heavy atom. The molecule has 1 aromatic carbocycles. The largest absolute Gasteiger partial charge is 0.478 e. The summed E-state index contributed by atoms with van der Waals surface area (Å²) in [5.74, 6) is 1.45. The van der Waals surface area contributed by atoms with Gasteiger partial charge in [-0.25, -0.2) is 0 Å². The third-order valence-corrected chi connectivity index (χ3v) is 3.29. The van der Waals surface area contributed by atoms with Crippen molar-refractivity contribution in [3.8, 4) is 21.9 Å². The molecule has 1 aromatic heterocycles. The predicted molar refractivity (Wildman–Crippen MR) is 72.5 cm³/mol. The number of alkyl halides is 2. The molecule has 0 aliphatic rings. The van der Waals surface area contributed by atoms with E-state index in [1.807, 2.05) is 29.6 Å². The molecule has 0 unspecified atom stereocenters. The van der Waals surface area contributed by atoms with Gasteiger partial charge >= 0.3 is 0 Å². The van der Waals surface area contributed by atoms with Crippen molar-refractivity contribution in [3.63, 3.8) is 0 Å². The molecule has 0 spiro atoms. The van der Waals surface area contributed by atoms with Gasteiger partial charge in [-0.15, -0.1) is 11.3 Å². The molecule has 0 saturated heterocycles. The minimum absolute atomic E-state index is 0.119. The fourth-order valence-electron chi connectivity index (χ4n) is 1.47. The molecule has 0 atom stereocenters. The molecule has 0 amide bonds. The Hall–Kier alpha value is -0.900. The maximum Gasteiger partial charge on any atom is 0.162 e. The number of hydrogen-bond donors (Lipinski definition) is 0. The lowest BCUT2D eigenvalue weighted by Gasteiger charge is -2.10. The third-order valence-electron chi connectivity index (χ3n) is 2.17. The second-order valence-corrected chi connectivity index (χ2v) is 4.53. The first-order chi connectivity index (χ1) is 8.35. The Morgan fingerprint density at radius 3 is 2.53 bits per heavy atom. The molecule has 2 rings (SSSR count). The fourth-order valence-corrected chi connectivity index (χ4v) is 2.46. The summed E-state index contributed by atoms with van der Waals surface area (Å²) in [6.45, 7) is 0. The molecule has 0 aliphatic carbocycles. The first kappa shape index (κ1) is 12.6. The molecule has 2 aromatic rings. The molecule has 0 aliphatic heterocycles. The highest BCUT2D eigenvalue weighted by molar-refractivity contribution is 7.13. The highest BCUT2D eigenvalue weighted by Gasteiger charge is 2.09. The Bertz CT molecular complexity index is 471. The molecule has 17 heavy (non-hydrogen) atoms. The van der Waals surface area contributed by atoms with Crippen LogP contribution in [0.3, 0.4) is 0 Å². The van der Waals surface area contributed by atoms with Gasteiger partial charge in [0.2, 0.25) is 0 Å². The molecule has 0 bridgehead atoms. The van der Waals surface area contributed by atoms with Crippen molar-refractivity contribution in [2.75, 3.05) is 12.1 Å². The average Bonchev–Trinajstić information content (AvgIpc) is 2.85. The molecule has 5 heteroatoms. The highest BCUT2D eigenvalue weighted by atomic mass is 35.5. The van der Waals surface area contributed by atoms with Crippen molar-refractivity contribution >= 4 is 34.5 Å². The second-order valence-electron chi connectivity index (χ2n) is 3.14. The predicted octanol–water partition coefficient (Wildman–Crippen LogP) is 4.57. The van der Waals surface area contributed by atoms with Gasteiger partial charge in [-0.1, -0.05) is 29.3 Å². The van der Waals surface area contributed by atoms with Gasteiger partial charge in [-0.2, -0.15) is 0 Å². The topological polar surface area (TPSA) is 18.5 Å². The van der Waals surface area contributed by atoms with Crippen molar-refractivity contribution in [3.05, 3.63) is 35.7 Å². The van der Waals surface area contributed by atoms with Crippen LogP contribution in [-0.4, -0.2) is 12.1 Å². The van der Waals surface area contributed by atoms with Crippen molar-refractivity contribution in [1.29, 1.82) is 0 Å². The minimum atomic E-state index is 0.119. The minimum Gasteiger partial charge on any atom is -0.478 e. The molecular weight excluding hydrogens is 279 g/mol. The summed E-state index contributed by atoms with van der Waals surface area (Å²) in [5.41, 5.74) is 0.961. The summed E-state index contributed by atoms with van der Waals surface area (Å²) in [6, 6.07) is 9.79. The van der Waals surface area contributed by atoms with Crippen LogP contribution in [-0.2, 0) is 0 Å². The number of thiophene rings is 1. The summed E-state index contributed by atoms with van der Waals surface area (Å²) in [4.78, 5) is 1.10. The Kier molecular flexibility index (Phi) is 4.54. The van der Waals surface area contributed by atoms with Gasteiger partial charge in [-0.05, 0) is 29.6 Å². The van der Waals surface area contributed by atoms with E-state index in [2.05, 4.69) is 0 Å². The third kappa shape index (κ3) is 3.06. The quantitative estimate of drug-likeness (QED) is 0.751. The molecule has 0 fully saturated rings. The molecule has 1 heterocycles. The van der Waals surface area contributed by atoms with Crippen LogP contribution in [0.4, 0.5) is 0 Å². The summed E-state index contributed by atoms with van der Waals surface area (Å²) >= 11 is 12.8. The highest BCUT2D eigenvalue weighted by Crippen LogP contribution is 2.36. The maximum absolute atomic E-state index is 5.60. The van der Waals surface area contributed by atoms with Gasteiger partial charge in [0.1, 0.15) is 11.5 Å². The van der Waals surface area contributed by atoms with Crippen LogP contribution in [0.25, 0.3) is 10.4 Å². The average molecular weight is 289 g/mol. The number of ether oxygens (including phenoxy) is 2. The summed E-state index contributed by atoms with van der Waals surface area (Å²) < 4.78 is 10.6. The van der Waals surface area contributed by atoms with Gasteiger partial charge in [0.25, 0.3) is 0 Å². The van der Waals surface area contributed by atoms with E-state index in [9.17, 15) is 0 Å². The number of benzene rings is 1. The number of halogens is 2. The van der Waals surface area contributed by atoms with Crippen LogP contribution in [0, 0.1) is 0 Å². The zero-order chi connectivity index (χ0) is 12.1. The van der Waals surface area contributed by atoms with Gasteiger partial charge in [0.05, 0.1) is 0 Å². The SMILES string of the molecule is ClCOc1ccc(OCCl)c(-c2cccs2)c1. The summed E-state index contributed by atoms with van der Waals surface area (Å²) in [7, 11) is 0. The van der Waals surface area contributed by atoms with Crippen LogP contribution in [0.1, 0.15) is 0 Å². The van der Waals surface area contributed by atoms with Crippen LogP contribution in [0.5, 0.6) is 11.5 Å². The van der Waals surface area contributed by atoms with Crippen LogP contribution in [0.2, 0.25) is 0 Å². The summed E-state index contributed by atoms with van der Waals surface area (Å²) in [6.07, 6.45) is 0. The van der Waals surface area contributed by atoms with Gasteiger partial charge in [0, 0.05) is 10.4 Å². The zero-order valence-corrected chi connectivity index (χ0v) is 11.2. The van der Waals surface area contributed by atoms with Crippen LogP contribution >= 0.6 is 34.5 Å². The van der Waals surface area contributed by atoms with Gasteiger partial charge < -0.3 is 9.47 Å². The van der Waals surface area contributed by atoms with E-state index in [1.54, 1.807) is 17.4 Å². The van der Waals surface area contributed by atoms with Crippen molar-refractivity contribution in [1.82, 2.24) is 0 Å². The van der Waals surface area contributed by atoms with Crippen LogP contribution in [0.15, 0.2) is 35.7 Å². The van der Waals surface area contributed by atoms with Gasteiger partial charge in [-0.3, -0.25) is 0 Å². The van der Waals surface area contributed by atoms with E-state index in [4.69, 9.17) is 32.7 Å². The Morgan fingerprint density at radius 1 is 1.06 bits per heavy atom. The lowest BCUT2D eigenvalue weighted by atomic mass is 10.1. The van der Waals surface area contributed by atoms with E-state index in [0.29, 0.717) is 5.75 Å². The monoisotopic (exact) mass is 288 g/mol. The molecule has 2 nitrogen and oxygen atoms in total. The summed E-state index contributed by atoms with van der Waals surface area (Å²) in [5, 5.41) is 2.01. The maximum atomic E-state index is 5.60. The molecule has 90 valence electrons. The Balaban J connectivity index is 2.40. The standard InChI is InChI=1S/C12H10Cl2O2S/c13-7-15-9-3-4-11(16-8-14)10(6-9)12-2-1-5-17-12/h1-6H,7-8H2. The van der Waals surface area contributed by atoms with E-state index < -0.39 is 0 Å². The van der Waals surface area contributed by atoms with E-state index in [0.717, 1.165) is 16.2 Å². The van der Waals surface area contributed by atoms with Gasteiger partial charge in [0.15, 0.2) is 12.1 Å². The number of hydrogen-bond acceptors (Lipinski definition) is 3. The lowest BCUT2D eigenvalue weighted by Crippen LogP contribution is -1.94. The smallest absolute Gasteiger partial charge is 0.162 e. The molecule has 0 saturated carbocycles.